The first-order valence-electron chi connectivity index (χ1n) is 3.67. The fourth-order valence-corrected chi connectivity index (χ4v) is 0.815. The molecule has 1 aromatic rings. The van der Waals surface area contributed by atoms with Crippen LogP contribution < -0.4 is 11.3 Å². The van der Waals surface area contributed by atoms with Gasteiger partial charge in [-0.05, 0) is 12.1 Å². The number of carbonyl (C=O) groups is 2. The molecule has 0 saturated carbocycles. The lowest BCUT2D eigenvalue weighted by molar-refractivity contribution is -0.120. The van der Waals surface area contributed by atoms with Crippen molar-refractivity contribution in [3.8, 4) is 0 Å². The topological polar surface area (TPSA) is 85.1 Å². The van der Waals surface area contributed by atoms with Crippen LogP contribution in [0.1, 0.15) is 16.9 Å². The van der Waals surface area contributed by atoms with Gasteiger partial charge in [0.25, 0.3) is 0 Å². The highest BCUT2D eigenvalue weighted by Crippen LogP contribution is 1.98. The predicted molar refractivity (Wildman–Crippen MR) is 45.5 cm³/mol. The molecular formula is C8H9N3O2. The quantitative estimate of drug-likeness (QED) is 0.218. The van der Waals surface area contributed by atoms with E-state index >= 15 is 0 Å². The number of rotatable bonds is 3. The Balaban J connectivity index is 2.65. The number of hydrogen-bond acceptors (Lipinski definition) is 4. The van der Waals surface area contributed by atoms with Crippen LogP contribution in [0.5, 0.6) is 0 Å². The Bertz CT molecular complexity index is 310. The Morgan fingerprint density at radius 1 is 1.46 bits per heavy atom. The first-order valence-corrected chi connectivity index (χ1v) is 3.67. The Hall–Kier alpha value is -1.75. The van der Waals surface area contributed by atoms with Crippen LogP contribution in [0.4, 0.5) is 0 Å². The molecule has 0 saturated heterocycles. The van der Waals surface area contributed by atoms with Gasteiger partial charge >= 0.3 is 0 Å². The molecule has 0 aliphatic rings. The van der Waals surface area contributed by atoms with Crippen molar-refractivity contribution in [2.24, 2.45) is 5.84 Å². The van der Waals surface area contributed by atoms with Crippen molar-refractivity contribution < 1.29 is 9.59 Å². The molecule has 1 heterocycles. The monoisotopic (exact) mass is 179 g/mol. The average Bonchev–Trinajstić information content (AvgIpc) is 2.19. The van der Waals surface area contributed by atoms with Crippen molar-refractivity contribution in [2.45, 2.75) is 6.42 Å². The number of carbonyl (C=O) groups excluding carboxylic acids is 2. The van der Waals surface area contributed by atoms with Crippen LogP contribution in [0.25, 0.3) is 0 Å². The molecule has 0 atom stereocenters. The number of amides is 1. The lowest BCUT2D eigenvalue weighted by Crippen LogP contribution is -2.31. The van der Waals surface area contributed by atoms with Crippen LogP contribution >= 0.6 is 0 Å². The van der Waals surface area contributed by atoms with Crippen molar-refractivity contribution in [2.75, 3.05) is 0 Å². The second-order valence-electron chi connectivity index (χ2n) is 2.38. The molecule has 0 aromatic carbocycles. The van der Waals surface area contributed by atoms with Crippen molar-refractivity contribution in [3.63, 3.8) is 0 Å². The summed E-state index contributed by atoms with van der Waals surface area (Å²) in [7, 11) is 0. The molecule has 5 nitrogen and oxygen atoms in total. The standard InChI is InChI=1S/C8H9N3O2/c9-11-8(13)5-7(12)6-3-1-2-4-10-6/h1-4H,5,9H2,(H,11,13). The molecule has 5 heteroatoms. The molecule has 1 rings (SSSR count). The summed E-state index contributed by atoms with van der Waals surface area (Å²) in [5, 5.41) is 0. The molecular weight excluding hydrogens is 170 g/mol. The molecule has 1 amide bonds. The zero-order valence-corrected chi connectivity index (χ0v) is 6.86. The molecule has 68 valence electrons. The Kier molecular flexibility index (Phi) is 3.10. The normalized spacial score (nSPS) is 9.31. The van der Waals surface area contributed by atoms with Gasteiger partial charge < -0.3 is 0 Å². The van der Waals surface area contributed by atoms with Gasteiger partial charge in [0.2, 0.25) is 5.91 Å². The number of Topliss-reactive ketones (excluding diaryl/α,β-unsaturated/α-hetero) is 1. The van der Waals surface area contributed by atoms with Crippen LogP contribution in [0.15, 0.2) is 24.4 Å². The summed E-state index contributed by atoms with van der Waals surface area (Å²) in [5.41, 5.74) is 2.15. The number of hydrogen-bond donors (Lipinski definition) is 2. The number of ketones is 1. The molecule has 0 unspecified atom stereocenters. The largest absolute Gasteiger partial charge is 0.294 e. The molecule has 1 aromatic heterocycles. The highest BCUT2D eigenvalue weighted by molar-refractivity contribution is 6.06. The number of pyridine rings is 1. The first-order chi connectivity index (χ1) is 6.24. The minimum atomic E-state index is -0.518. The van der Waals surface area contributed by atoms with E-state index in [9.17, 15) is 9.59 Å². The Morgan fingerprint density at radius 2 is 2.23 bits per heavy atom. The van der Waals surface area contributed by atoms with E-state index in [0.717, 1.165) is 0 Å². The summed E-state index contributed by atoms with van der Waals surface area (Å²) in [6.45, 7) is 0. The van der Waals surface area contributed by atoms with Gasteiger partial charge in [-0.3, -0.25) is 20.0 Å². The van der Waals surface area contributed by atoms with E-state index < -0.39 is 5.91 Å². The first kappa shape index (κ1) is 9.34. The smallest absolute Gasteiger partial charge is 0.241 e. The lowest BCUT2D eigenvalue weighted by atomic mass is 10.2. The third kappa shape index (κ3) is 2.64. The highest BCUT2D eigenvalue weighted by atomic mass is 16.2. The zero-order chi connectivity index (χ0) is 9.68. The van der Waals surface area contributed by atoms with Crippen molar-refractivity contribution in [3.05, 3.63) is 30.1 Å². The van der Waals surface area contributed by atoms with E-state index in [0.29, 0.717) is 0 Å². The average molecular weight is 179 g/mol. The third-order valence-electron chi connectivity index (χ3n) is 1.43. The molecule has 0 aliphatic carbocycles. The van der Waals surface area contributed by atoms with E-state index in [1.165, 1.54) is 6.20 Å². The number of nitrogens with two attached hydrogens (primary N) is 1. The van der Waals surface area contributed by atoms with Gasteiger partial charge in [0.05, 0.1) is 6.42 Å². The summed E-state index contributed by atoms with van der Waals surface area (Å²) in [5.74, 6) is 3.96. The molecule has 13 heavy (non-hydrogen) atoms. The number of hydrazine groups is 1. The van der Waals surface area contributed by atoms with Gasteiger partial charge in [0.1, 0.15) is 5.69 Å². The molecule has 0 spiro atoms. The predicted octanol–water partition coefficient (Wildman–Crippen LogP) is -0.356. The van der Waals surface area contributed by atoms with E-state index in [4.69, 9.17) is 5.84 Å². The highest BCUT2D eigenvalue weighted by Gasteiger charge is 2.10. The molecule has 0 bridgehead atoms. The summed E-state index contributed by atoms with van der Waals surface area (Å²) >= 11 is 0. The maximum absolute atomic E-state index is 11.2. The van der Waals surface area contributed by atoms with E-state index in [2.05, 4.69) is 4.98 Å². The fourth-order valence-electron chi connectivity index (χ4n) is 0.815. The fraction of sp³-hybridized carbons (Fsp3) is 0.125. The second kappa shape index (κ2) is 4.32. The summed E-state index contributed by atoms with van der Waals surface area (Å²) in [6.07, 6.45) is 1.22. The minimum absolute atomic E-state index is 0.270. The van der Waals surface area contributed by atoms with Crippen LogP contribution in [-0.4, -0.2) is 16.7 Å². The SMILES string of the molecule is NNC(=O)CC(=O)c1ccccn1. The van der Waals surface area contributed by atoms with Gasteiger partial charge in [-0.1, -0.05) is 6.07 Å². The molecule has 3 N–H and O–H groups in total. The van der Waals surface area contributed by atoms with E-state index in [1.54, 1.807) is 18.2 Å². The summed E-state index contributed by atoms with van der Waals surface area (Å²) < 4.78 is 0. The van der Waals surface area contributed by atoms with Crippen LogP contribution in [0, 0.1) is 0 Å². The summed E-state index contributed by atoms with van der Waals surface area (Å²) in [6, 6.07) is 4.92. The van der Waals surface area contributed by atoms with Crippen LogP contribution in [-0.2, 0) is 4.79 Å². The van der Waals surface area contributed by atoms with E-state index in [1.807, 2.05) is 5.43 Å². The second-order valence-corrected chi connectivity index (χ2v) is 2.38. The number of nitrogens with zero attached hydrogens (tertiary/aromatic N) is 1. The summed E-state index contributed by atoms with van der Waals surface area (Å²) in [4.78, 5) is 25.7. The van der Waals surface area contributed by atoms with Crippen LogP contribution in [0.2, 0.25) is 0 Å². The van der Waals surface area contributed by atoms with E-state index in [-0.39, 0.29) is 17.9 Å². The van der Waals surface area contributed by atoms with Gasteiger partial charge in [-0.15, -0.1) is 0 Å². The lowest BCUT2D eigenvalue weighted by Gasteiger charge is -1.97. The molecule has 0 radical (unpaired) electrons. The van der Waals surface area contributed by atoms with Gasteiger partial charge in [0, 0.05) is 6.20 Å². The van der Waals surface area contributed by atoms with Crippen molar-refractivity contribution in [1.82, 2.24) is 10.4 Å². The van der Waals surface area contributed by atoms with Gasteiger partial charge in [-0.2, -0.15) is 0 Å². The van der Waals surface area contributed by atoms with Gasteiger partial charge in [-0.25, -0.2) is 5.84 Å². The minimum Gasteiger partial charge on any atom is -0.294 e. The number of aromatic nitrogens is 1. The maximum Gasteiger partial charge on any atom is 0.241 e. The van der Waals surface area contributed by atoms with Gasteiger partial charge in [0.15, 0.2) is 5.78 Å². The Morgan fingerprint density at radius 3 is 2.77 bits per heavy atom. The molecule has 0 aliphatic heterocycles. The van der Waals surface area contributed by atoms with Crippen molar-refractivity contribution >= 4 is 11.7 Å². The zero-order valence-electron chi connectivity index (χ0n) is 6.86. The maximum atomic E-state index is 11.2. The number of nitrogens with one attached hydrogen (secondary N) is 1. The molecule has 0 fully saturated rings. The Labute approximate surface area is 74.9 Å². The third-order valence-corrected chi connectivity index (χ3v) is 1.43. The van der Waals surface area contributed by atoms with Crippen LogP contribution in [0.3, 0.4) is 0 Å². The van der Waals surface area contributed by atoms with Crippen molar-refractivity contribution in [1.29, 1.82) is 0 Å².